The van der Waals surface area contributed by atoms with Crippen molar-refractivity contribution in [1.82, 2.24) is 0 Å². The Labute approximate surface area is 148 Å². The zero-order chi connectivity index (χ0) is 18.0. The second-order valence-electron chi connectivity index (χ2n) is 5.30. The molecule has 0 radical (unpaired) electrons. The molecule has 2 aromatic rings. The fraction of sp³-hybridized carbons (Fsp3) is 0.118. The van der Waals surface area contributed by atoms with Crippen molar-refractivity contribution in [2.75, 3.05) is 12.1 Å². The number of carbonyl (C=O) groups is 1. The molecule has 0 saturated carbocycles. The number of carbonyl (C=O) groups excluding carboxylic acids is 1. The van der Waals surface area contributed by atoms with Crippen molar-refractivity contribution in [1.29, 1.82) is 0 Å². The van der Waals surface area contributed by atoms with E-state index >= 15 is 0 Å². The standard InChI is InChI=1S/C17H13ClN2O5/c1-10-2-4-12(18)7-13(10)19-17(21)5-3-11-6-15-16(25-9-24-15)8-14(11)20(22)23/h2-8H,9H2,1H3,(H,19,21)/b5-3+. The van der Waals surface area contributed by atoms with E-state index in [9.17, 15) is 14.9 Å². The molecule has 0 unspecified atom stereocenters. The van der Waals surface area contributed by atoms with Crippen LogP contribution in [0.25, 0.3) is 6.08 Å². The van der Waals surface area contributed by atoms with E-state index in [1.54, 1.807) is 18.2 Å². The van der Waals surface area contributed by atoms with Gasteiger partial charge in [0.2, 0.25) is 12.7 Å². The summed E-state index contributed by atoms with van der Waals surface area (Å²) in [7, 11) is 0. The van der Waals surface area contributed by atoms with E-state index in [0.717, 1.165) is 5.56 Å². The van der Waals surface area contributed by atoms with Crippen molar-refractivity contribution >= 4 is 35.0 Å². The molecule has 1 aliphatic heterocycles. The van der Waals surface area contributed by atoms with Crippen molar-refractivity contribution in [3.63, 3.8) is 0 Å². The highest BCUT2D eigenvalue weighted by Crippen LogP contribution is 2.38. The predicted octanol–water partition coefficient (Wildman–Crippen LogP) is 3.94. The van der Waals surface area contributed by atoms with E-state index in [1.165, 1.54) is 24.3 Å². The summed E-state index contributed by atoms with van der Waals surface area (Å²) in [5.41, 5.74) is 1.49. The van der Waals surface area contributed by atoms with Gasteiger partial charge in [0, 0.05) is 16.8 Å². The topological polar surface area (TPSA) is 90.7 Å². The molecule has 128 valence electrons. The van der Waals surface area contributed by atoms with Crippen LogP contribution >= 0.6 is 11.6 Å². The lowest BCUT2D eigenvalue weighted by Crippen LogP contribution is -2.09. The molecule has 8 heteroatoms. The van der Waals surface area contributed by atoms with Gasteiger partial charge in [-0.05, 0) is 36.8 Å². The molecule has 1 amide bonds. The Morgan fingerprint density at radius 1 is 1.28 bits per heavy atom. The first kappa shape index (κ1) is 16.8. The summed E-state index contributed by atoms with van der Waals surface area (Å²) in [5, 5.41) is 14.4. The summed E-state index contributed by atoms with van der Waals surface area (Å²) in [4.78, 5) is 22.8. The number of hydrogen-bond donors (Lipinski definition) is 1. The Morgan fingerprint density at radius 2 is 2.00 bits per heavy atom. The molecule has 1 aliphatic rings. The van der Waals surface area contributed by atoms with Gasteiger partial charge in [-0.1, -0.05) is 17.7 Å². The number of nitrogens with one attached hydrogen (secondary N) is 1. The molecule has 3 rings (SSSR count). The van der Waals surface area contributed by atoms with Crippen molar-refractivity contribution in [3.8, 4) is 11.5 Å². The van der Waals surface area contributed by atoms with Crippen LogP contribution in [-0.2, 0) is 4.79 Å². The summed E-state index contributed by atoms with van der Waals surface area (Å²) in [6.45, 7) is 1.84. The van der Waals surface area contributed by atoms with E-state index in [-0.39, 0.29) is 18.0 Å². The molecular formula is C17H13ClN2O5. The average Bonchev–Trinajstić information content (AvgIpc) is 3.02. The highest BCUT2D eigenvalue weighted by atomic mass is 35.5. The van der Waals surface area contributed by atoms with Crippen LogP contribution in [0.2, 0.25) is 5.02 Å². The maximum atomic E-state index is 12.1. The van der Waals surface area contributed by atoms with Crippen LogP contribution < -0.4 is 14.8 Å². The number of fused-ring (bicyclic) bond motifs is 1. The summed E-state index contributed by atoms with van der Waals surface area (Å²) in [5.74, 6) is 0.275. The number of rotatable bonds is 4. The Bertz CT molecular complexity index is 895. The summed E-state index contributed by atoms with van der Waals surface area (Å²) < 4.78 is 10.3. The monoisotopic (exact) mass is 360 g/mol. The fourth-order valence-corrected chi connectivity index (χ4v) is 2.48. The number of halogens is 1. The number of aryl methyl sites for hydroxylation is 1. The lowest BCUT2D eigenvalue weighted by Gasteiger charge is -2.06. The maximum Gasteiger partial charge on any atom is 0.280 e. The van der Waals surface area contributed by atoms with Crippen LogP contribution in [0.4, 0.5) is 11.4 Å². The first-order chi connectivity index (χ1) is 11.9. The molecule has 0 atom stereocenters. The molecule has 7 nitrogen and oxygen atoms in total. The molecule has 1 N–H and O–H groups in total. The quantitative estimate of drug-likeness (QED) is 0.506. The SMILES string of the molecule is Cc1ccc(Cl)cc1NC(=O)/C=C/c1cc2c(cc1[N+](=O)[O-])OCO2. The van der Waals surface area contributed by atoms with Crippen LogP contribution in [0.15, 0.2) is 36.4 Å². The molecule has 0 saturated heterocycles. The summed E-state index contributed by atoms with van der Waals surface area (Å²) in [6.07, 6.45) is 2.57. The van der Waals surface area contributed by atoms with E-state index in [2.05, 4.69) is 5.32 Å². The van der Waals surface area contributed by atoms with Gasteiger partial charge in [0.15, 0.2) is 11.5 Å². The van der Waals surface area contributed by atoms with Gasteiger partial charge in [-0.25, -0.2) is 0 Å². The Balaban J connectivity index is 1.83. The maximum absolute atomic E-state index is 12.1. The number of anilines is 1. The van der Waals surface area contributed by atoms with Crippen molar-refractivity contribution < 1.29 is 19.2 Å². The minimum Gasteiger partial charge on any atom is -0.454 e. The van der Waals surface area contributed by atoms with Gasteiger partial charge in [0.25, 0.3) is 5.69 Å². The first-order valence-electron chi connectivity index (χ1n) is 7.27. The zero-order valence-corrected chi connectivity index (χ0v) is 13.9. The largest absolute Gasteiger partial charge is 0.454 e. The number of benzene rings is 2. The van der Waals surface area contributed by atoms with Crippen molar-refractivity contribution in [2.45, 2.75) is 6.92 Å². The summed E-state index contributed by atoms with van der Waals surface area (Å²) >= 11 is 5.91. The lowest BCUT2D eigenvalue weighted by atomic mass is 10.1. The number of nitrogens with zero attached hydrogens (tertiary/aromatic N) is 1. The second-order valence-corrected chi connectivity index (χ2v) is 5.74. The minimum absolute atomic E-state index is 0.00812. The molecule has 0 aliphatic carbocycles. The Morgan fingerprint density at radius 3 is 2.72 bits per heavy atom. The van der Waals surface area contributed by atoms with E-state index < -0.39 is 10.8 Å². The summed E-state index contributed by atoms with van der Waals surface area (Å²) in [6, 6.07) is 7.88. The highest BCUT2D eigenvalue weighted by molar-refractivity contribution is 6.31. The van der Waals surface area contributed by atoms with Crippen molar-refractivity contribution in [2.24, 2.45) is 0 Å². The molecule has 0 bridgehead atoms. The Hall–Kier alpha value is -3.06. The van der Waals surface area contributed by atoms with Gasteiger partial charge in [-0.15, -0.1) is 0 Å². The van der Waals surface area contributed by atoms with Crippen LogP contribution in [0.5, 0.6) is 11.5 Å². The molecule has 2 aromatic carbocycles. The number of ether oxygens (including phenoxy) is 2. The van der Waals surface area contributed by atoms with Gasteiger partial charge in [-0.3, -0.25) is 14.9 Å². The molecule has 1 heterocycles. The van der Waals surface area contributed by atoms with Crippen LogP contribution in [-0.4, -0.2) is 17.6 Å². The van der Waals surface area contributed by atoms with Gasteiger partial charge < -0.3 is 14.8 Å². The zero-order valence-electron chi connectivity index (χ0n) is 13.1. The van der Waals surface area contributed by atoms with Gasteiger partial charge >= 0.3 is 0 Å². The van der Waals surface area contributed by atoms with Crippen LogP contribution in [0.3, 0.4) is 0 Å². The Kier molecular flexibility index (Phi) is 4.58. The van der Waals surface area contributed by atoms with Gasteiger partial charge in [0.1, 0.15) is 0 Å². The van der Waals surface area contributed by atoms with Gasteiger partial charge in [-0.2, -0.15) is 0 Å². The molecule has 0 spiro atoms. The first-order valence-corrected chi connectivity index (χ1v) is 7.65. The highest BCUT2D eigenvalue weighted by Gasteiger charge is 2.22. The van der Waals surface area contributed by atoms with E-state index in [0.29, 0.717) is 22.2 Å². The minimum atomic E-state index is -0.541. The third kappa shape index (κ3) is 3.72. The normalized spacial score (nSPS) is 12.4. The predicted molar refractivity (Wildman–Crippen MR) is 93.1 cm³/mol. The number of hydrogen-bond acceptors (Lipinski definition) is 5. The molecule has 25 heavy (non-hydrogen) atoms. The van der Waals surface area contributed by atoms with Crippen LogP contribution in [0.1, 0.15) is 11.1 Å². The number of nitro benzene ring substituents is 1. The molecular weight excluding hydrogens is 348 g/mol. The van der Waals surface area contributed by atoms with Crippen LogP contribution in [0, 0.1) is 17.0 Å². The second kappa shape index (κ2) is 6.82. The molecule has 0 aromatic heterocycles. The van der Waals surface area contributed by atoms with E-state index in [4.69, 9.17) is 21.1 Å². The third-order valence-corrected chi connectivity index (χ3v) is 3.83. The number of amides is 1. The van der Waals surface area contributed by atoms with Crippen molar-refractivity contribution in [3.05, 3.63) is 62.7 Å². The average molecular weight is 361 g/mol. The third-order valence-electron chi connectivity index (χ3n) is 3.59. The lowest BCUT2D eigenvalue weighted by molar-refractivity contribution is -0.385. The van der Waals surface area contributed by atoms with E-state index in [1.807, 2.05) is 6.92 Å². The van der Waals surface area contributed by atoms with Gasteiger partial charge in [0.05, 0.1) is 16.6 Å². The fourth-order valence-electron chi connectivity index (χ4n) is 2.31. The molecule has 0 fully saturated rings. The smallest absolute Gasteiger partial charge is 0.280 e. The number of nitro groups is 1.